The predicted octanol–water partition coefficient (Wildman–Crippen LogP) is 3.94. The Morgan fingerprint density at radius 1 is 1.06 bits per heavy atom. The van der Waals surface area contributed by atoms with Gasteiger partial charge in [-0.1, -0.05) is 12.1 Å². The molecule has 1 atom stereocenters. The minimum atomic E-state index is -4.43. The smallest absolute Gasteiger partial charge is 0.370 e. The SMILES string of the molecule is CC(=O)N1CCCC1c1ccc(-n2nc(C(F)(F)F)c3c2CCCC3)cc1.CC(N)=O. The van der Waals surface area contributed by atoms with Crippen molar-refractivity contribution < 1.29 is 22.8 Å². The summed E-state index contributed by atoms with van der Waals surface area (Å²) in [6, 6.07) is 7.49. The van der Waals surface area contributed by atoms with Gasteiger partial charge in [-0.25, -0.2) is 4.68 Å². The van der Waals surface area contributed by atoms with Gasteiger partial charge in [0.2, 0.25) is 11.8 Å². The molecule has 2 N–H and O–H groups in total. The number of halogens is 3. The van der Waals surface area contributed by atoms with E-state index in [1.54, 1.807) is 6.92 Å². The van der Waals surface area contributed by atoms with Crippen LogP contribution in [-0.2, 0) is 28.6 Å². The molecule has 2 aromatic rings. The maximum Gasteiger partial charge on any atom is 0.435 e. The Balaban J connectivity index is 0.000000628. The van der Waals surface area contributed by atoms with Gasteiger partial charge in [0.15, 0.2) is 5.69 Å². The summed E-state index contributed by atoms with van der Waals surface area (Å²) in [7, 11) is 0. The summed E-state index contributed by atoms with van der Waals surface area (Å²) in [4.78, 5) is 22.9. The topological polar surface area (TPSA) is 81.2 Å². The van der Waals surface area contributed by atoms with Crippen LogP contribution in [0, 0.1) is 0 Å². The number of hydrogen-bond acceptors (Lipinski definition) is 3. The summed E-state index contributed by atoms with van der Waals surface area (Å²) in [6.45, 7) is 3.63. The summed E-state index contributed by atoms with van der Waals surface area (Å²) in [5, 5.41) is 3.93. The molecule has 0 bridgehead atoms. The van der Waals surface area contributed by atoms with Crippen molar-refractivity contribution in [3.63, 3.8) is 0 Å². The minimum Gasteiger partial charge on any atom is -0.370 e. The molecule has 31 heavy (non-hydrogen) atoms. The molecule has 168 valence electrons. The lowest BCUT2D eigenvalue weighted by Crippen LogP contribution is -2.28. The van der Waals surface area contributed by atoms with E-state index in [9.17, 15) is 22.8 Å². The molecule has 6 nitrogen and oxygen atoms in total. The number of hydrogen-bond donors (Lipinski definition) is 1. The van der Waals surface area contributed by atoms with Gasteiger partial charge in [-0.3, -0.25) is 9.59 Å². The number of aromatic nitrogens is 2. The Morgan fingerprint density at radius 2 is 1.68 bits per heavy atom. The van der Waals surface area contributed by atoms with E-state index in [-0.39, 0.29) is 17.9 Å². The van der Waals surface area contributed by atoms with E-state index in [1.165, 1.54) is 11.6 Å². The molecule has 1 aromatic carbocycles. The molecule has 4 rings (SSSR count). The molecule has 9 heteroatoms. The predicted molar refractivity (Wildman–Crippen MR) is 109 cm³/mol. The summed E-state index contributed by atoms with van der Waals surface area (Å²) >= 11 is 0. The lowest BCUT2D eigenvalue weighted by atomic mass is 9.95. The van der Waals surface area contributed by atoms with Crippen LogP contribution in [0.25, 0.3) is 5.69 Å². The van der Waals surface area contributed by atoms with Crippen molar-refractivity contribution in [2.75, 3.05) is 6.54 Å². The first-order valence-electron chi connectivity index (χ1n) is 10.4. The van der Waals surface area contributed by atoms with Crippen molar-refractivity contribution in [2.24, 2.45) is 5.73 Å². The number of likely N-dealkylation sites (tertiary alicyclic amines) is 1. The standard InChI is InChI=1S/C20H22F3N3O.C2H5NO/c1-13(27)25-12-4-7-17(25)14-8-10-15(11-9-14)26-18-6-3-2-5-16(18)19(24-26)20(21,22)23;1-2(3)4/h8-11,17H,2-7,12H2,1H3;1H3,(H2,3,4). The highest BCUT2D eigenvalue weighted by Gasteiger charge is 2.39. The number of fused-ring (bicyclic) bond motifs is 1. The zero-order valence-corrected chi connectivity index (χ0v) is 17.7. The van der Waals surface area contributed by atoms with Gasteiger partial charge in [0.05, 0.1) is 11.7 Å². The Morgan fingerprint density at radius 3 is 2.26 bits per heavy atom. The van der Waals surface area contributed by atoms with Crippen LogP contribution in [0.1, 0.15) is 68.1 Å². The van der Waals surface area contributed by atoms with Crippen molar-refractivity contribution in [1.29, 1.82) is 0 Å². The van der Waals surface area contributed by atoms with Crippen molar-refractivity contribution in [3.8, 4) is 5.69 Å². The van der Waals surface area contributed by atoms with Gasteiger partial charge in [-0.2, -0.15) is 18.3 Å². The van der Waals surface area contributed by atoms with E-state index in [2.05, 4.69) is 10.8 Å². The monoisotopic (exact) mass is 436 g/mol. The van der Waals surface area contributed by atoms with Crippen LogP contribution in [0.15, 0.2) is 24.3 Å². The number of nitrogens with zero attached hydrogens (tertiary/aromatic N) is 3. The van der Waals surface area contributed by atoms with Crippen molar-refractivity contribution in [3.05, 3.63) is 46.8 Å². The molecule has 2 heterocycles. The van der Waals surface area contributed by atoms with Crippen LogP contribution in [0.3, 0.4) is 0 Å². The molecule has 1 saturated heterocycles. The number of amides is 2. The number of alkyl halides is 3. The third-order valence-corrected chi connectivity index (χ3v) is 5.63. The molecule has 2 amide bonds. The molecular formula is C22H27F3N4O2. The second-order valence-corrected chi connectivity index (χ2v) is 7.96. The highest BCUT2D eigenvalue weighted by Crippen LogP contribution is 2.37. The average molecular weight is 436 g/mol. The second-order valence-electron chi connectivity index (χ2n) is 7.96. The summed E-state index contributed by atoms with van der Waals surface area (Å²) in [5.41, 5.74) is 6.40. The van der Waals surface area contributed by atoms with E-state index in [4.69, 9.17) is 0 Å². The number of carbonyl (C=O) groups excluding carboxylic acids is 2. The van der Waals surface area contributed by atoms with E-state index in [0.29, 0.717) is 29.8 Å². The fourth-order valence-corrected chi connectivity index (χ4v) is 4.37. The summed E-state index contributed by atoms with van der Waals surface area (Å²) in [6.07, 6.45) is 0.131. The number of rotatable bonds is 2. The van der Waals surface area contributed by atoms with E-state index in [0.717, 1.165) is 37.8 Å². The lowest BCUT2D eigenvalue weighted by molar-refractivity contribution is -0.142. The third-order valence-electron chi connectivity index (χ3n) is 5.63. The highest BCUT2D eigenvalue weighted by atomic mass is 19.4. The zero-order valence-electron chi connectivity index (χ0n) is 17.7. The van der Waals surface area contributed by atoms with E-state index < -0.39 is 11.9 Å². The molecule has 1 fully saturated rings. The molecule has 0 spiro atoms. The first-order valence-corrected chi connectivity index (χ1v) is 10.4. The van der Waals surface area contributed by atoms with Gasteiger partial charge in [0.25, 0.3) is 0 Å². The Kier molecular flexibility index (Phi) is 6.71. The zero-order chi connectivity index (χ0) is 22.8. The van der Waals surface area contributed by atoms with Crippen LogP contribution in [0.5, 0.6) is 0 Å². The van der Waals surface area contributed by atoms with Crippen molar-refractivity contribution in [2.45, 2.75) is 64.6 Å². The van der Waals surface area contributed by atoms with Crippen LogP contribution < -0.4 is 5.73 Å². The number of carbonyl (C=O) groups is 2. The van der Waals surface area contributed by atoms with Crippen molar-refractivity contribution in [1.82, 2.24) is 14.7 Å². The first-order chi connectivity index (χ1) is 14.6. The lowest BCUT2D eigenvalue weighted by Gasteiger charge is -2.24. The van der Waals surface area contributed by atoms with Crippen LogP contribution in [0.2, 0.25) is 0 Å². The largest absolute Gasteiger partial charge is 0.435 e. The second kappa shape index (κ2) is 9.11. The third kappa shape index (κ3) is 5.08. The molecule has 1 aromatic heterocycles. The molecule has 1 unspecified atom stereocenters. The minimum absolute atomic E-state index is 0.0498. The number of benzene rings is 1. The summed E-state index contributed by atoms with van der Waals surface area (Å²) < 4.78 is 41.6. The van der Waals surface area contributed by atoms with Crippen LogP contribution in [-0.4, -0.2) is 33.0 Å². The van der Waals surface area contributed by atoms with E-state index in [1.807, 2.05) is 29.2 Å². The Bertz CT molecular complexity index is 947. The van der Waals surface area contributed by atoms with Gasteiger partial charge in [-0.15, -0.1) is 0 Å². The number of nitrogens with two attached hydrogens (primary N) is 1. The molecular weight excluding hydrogens is 409 g/mol. The number of primary amides is 1. The highest BCUT2D eigenvalue weighted by molar-refractivity contribution is 5.74. The fourth-order valence-electron chi connectivity index (χ4n) is 4.37. The van der Waals surface area contributed by atoms with Gasteiger partial charge in [0, 0.05) is 31.6 Å². The van der Waals surface area contributed by atoms with Gasteiger partial charge in [-0.05, 0) is 56.2 Å². The molecule has 1 aliphatic heterocycles. The quantitative estimate of drug-likeness (QED) is 0.774. The summed E-state index contributed by atoms with van der Waals surface area (Å²) in [5.74, 6) is -0.280. The molecule has 1 aliphatic carbocycles. The normalized spacial score (nSPS) is 18.2. The average Bonchev–Trinajstić information content (AvgIpc) is 3.33. The van der Waals surface area contributed by atoms with Gasteiger partial charge >= 0.3 is 6.18 Å². The molecule has 2 aliphatic rings. The Hall–Kier alpha value is -2.84. The molecule has 0 radical (unpaired) electrons. The maximum absolute atomic E-state index is 13.4. The van der Waals surface area contributed by atoms with E-state index >= 15 is 0 Å². The first kappa shape index (κ1) is 22.8. The van der Waals surface area contributed by atoms with Crippen LogP contribution in [0.4, 0.5) is 13.2 Å². The fraction of sp³-hybridized carbons (Fsp3) is 0.500. The van der Waals surface area contributed by atoms with Crippen molar-refractivity contribution >= 4 is 11.8 Å². The maximum atomic E-state index is 13.4. The molecule has 0 saturated carbocycles. The van der Waals surface area contributed by atoms with Crippen LogP contribution >= 0.6 is 0 Å². The van der Waals surface area contributed by atoms with Gasteiger partial charge < -0.3 is 10.6 Å². The Labute approximate surface area is 179 Å². The van der Waals surface area contributed by atoms with Gasteiger partial charge in [0.1, 0.15) is 0 Å².